The molecule has 1 aromatic carbocycles. The molecule has 0 spiro atoms. The van der Waals surface area contributed by atoms with E-state index in [-0.39, 0.29) is 29.8 Å². The summed E-state index contributed by atoms with van der Waals surface area (Å²) in [5.41, 5.74) is 0.640. The van der Waals surface area contributed by atoms with E-state index in [0.29, 0.717) is 18.1 Å². The van der Waals surface area contributed by atoms with Crippen LogP contribution in [0.5, 0.6) is 0 Å². The molecule has 0 aliphatic rings. The van der Waals surface area contributed by atoms with E-state index in [1.807, 2.05) is 6.07 Å². The second-order valence-corrected chi connectivity index (χ2v) is 4.88. The van der Waals surface area contributed by atoms with Gasteiger partial charge < -0.3 is 15.5 Å². The van der Waals surface area contributed by atoms with Crippen LogP contribution in [-0.2, 0) is 6.54 Å². The standard InChI is InChI=1S/C16H27FN4.HI/c1-4-11-21(5-2)12-10-19-16(18-3)20-13-14-8-6-7-9-15(14)17;/h6-9H,4-5,10-13H2,1-3H3,(H2,18,19,20);1H. The largest absolute Gasteiger partial charge is 0.355 e. The first-order valence-electron chi connectivity index (χ1n) is 7.61. The molecule has 0 unspecified atom stereocenters. The van der Waals surface area contributed by atoms with Gasteiger partial charge in [0.25, 0.3) is 0 Å². The van der Waals surface area contributed by atoms with Crippen molar-refractivity contribution in [2.75, 3.05) is 33.2 Å². The highest BCUT2D eigenvalue weighted by Gasteiger charge is 2.04. The number of rotatable bonds is 8. The van der Waals surface area contributed by atoms with Gasteiger partial charge in [0.1, 0.15) is 5.82 Å². The minimum absolute atomic E-state index is 0. The third kappa shape index (κ3) is 7.93. The van der Waals surface area contributed by atoms with Crippen LogP contribution in [0.25, 0.3) is 0 Å². The topological polar surface area (TPSA) is 39.7 Å². The highest BCUT2D eigenvalue weighted by atomic mass is 127. The van der Waals surface area contributed by atoms with E-state index in [1.165, 1.54) is 6.07 Å². The predicted octanol–water partition coefficient (Wildman–Crippen LogP) is 2.84. The van der Waals surface area contributed by atoms with E-state index in [1.54, 1.807) is 19.2 Å². The van der Waals surface area contributed by atoms with E-state index in [0.717, 1.165) is 32.6 Å². The molecule has 0 bridgehead atoms. The molecular formula is C16H28FIN4. The molecule has 0 amide bonds. The van der Waals surface area contributed by atoms with Crippen molar-refractivity contribution in [3.63, 3.8) is 0 Å². The third-order valence-corrected chi connectivity index (χ3v) is 3.34. The number of nitrogens with one attached hydrogen (secondary N) is 2. The first-order chi connectivity index (χ1) is 10.2. The molecule has 126 valence electrons. The molecule has 0 saturated heterocycles. The van der Waals surface area contributed by atoms with Gasteiger partial charge >= 0.3 is 0 Å². The Morgan fingerprint density at radius 1 is 1.18 bits per heavy atom. The lowest BCUT2D eigenvalue weighted by Gasteiger charge is -2.20. The zero-order valence-electron chi connectivity index (χ0n) is 13.7. The highest BCUT2D eigenvalue weighted by Crippen LogP contribution is 2.05. The Morgan fingerprint density at radius 2 is 1.91 bits per heavy atom. The molecule has 0 fully saturated rings. The molecule has 0 radical (unpaired) electrons. The van der Waals surface area contributed by atoms with Gasteiger partial charge in [-0.25, -0.2) is 4.39 Å². The molecule has 0 aliphatic carbocycles. The van der Waals surface area contributed by atoms with Gasteiger partial charge in [-0.2, -0.15) is 0 Å². The maximum Gasteiger partial charge on any atom is 0.191 e. The van der Waals surface area contributed by atoms with Gasteiger partial charge in [0.15, 0.2) is 5.96 Å². The Morgan fingerprint density at radius 3 is 2.50 bits per heavy atom. The Labute approximate surface area is 150 Å². The number of nitrogens with zero attached hydrogens (tertiary/aromatic N) is 2. The predicted molar refractivity (Wildman–Crippen MR) is 102 cm³/mol. The van der Waals surface area contributed by atoms with Crippen LogP contribution in [0.1, 0.15) is 25.8 Å². The lowest BCUT2D eigenvalue weighted by molar-refractivity contribution is 0.293. The fourth-order valence-corrected chi connectivity index (χ4v) is 2.12. The molecule has 22 heavy (non-hydrogen) atoms. The molecular weight excluding hydrogens is 394 g/mol. The summed E-state index contributed by atoms with van der Waals surface area (Å²) in [6.07, 6.45) is 1.16. The van der Waals surface area contributed by atoms with Crippen molar-refractivity contribution in [2.24, 2.45) is 4.99 Å². The number of guanidine groups is 1. The van der Waals surface area contributed by atoms with Gasteiger partial charge in [0, 0.05) is 32.2 Å². The van der Waals surface area contributed by atoms with Crippen LogP contribution in [0.4, 0.5) is 4.39 Å². The summed E-state index contributed by atoms with van der Waals surface area (Å²) in [7, 11) is 1.72. The van der Waals surface area contributed by atoms with E-state index in [2.05, 4.69) is 34.4 Å². The smallest absolute Gasteiger partial charge is 0.191 e. The molecule has 2 N–H and O–H groups in total. The quantitative estimate of drug-likeness (QED) is 0.385. The van der Waals surface area contributed by atoms with Crippen LogP contribution in [0, 0.1) is 5.82 Å². The summed E-state index contributed by atoms with van der Waals surface area (Å²) in [4.78, 5) is 6.54. The number of hydrogen-bond donors (Lipinski definition) is 2. The average Bonchev–Trinajstić information content (AvgIpc) is 2.51. The Balaban J connectivity index is 0.00000441. The highest BCUT2D eigenvalue weighted by molar-refractivity contribution is 14.0. The summed E-state index contributed by atoms with van der Waals surface area (Å²) < 4.78 is 13.5. The molecule has 0 aliphatic heterocycles. The van der Waals surface area contributed by atoms with Crippen molar-refractivity contribution in [3.8, 4) is 0 Å². The minimum atomic E-state index is -0.194. The van der Waals surface area contributed by atoms with Gasteiger partial charge in [-0.3, -0.25) is 4.99 Å². The fraction of sp³-hybridized carbons (Fsp3) is 0.562. The Kier molecular flexibility index (Phi) is 12.1. The van der Waals surface area contributed by atoms with Gasteiger partial charge in [-0.1, -0.05) is 32.0 Å². The van der Waals surface area contributed by atoms with Crippen molar-refractivity contribution in [3.05, 3.63) is 35.6 Å². The van der Waals surface area contributed by atoms with Crippen molar-refractivity contribution < 1.29 is 4.39 Å². The Hall–Kier alpha value is -0.890. The molecule has 0 saturated carbocycles. The molecule has 1 rings (SSSR count). The first kappa shape index (κ1) is 21.1. The molecule has 0 aromatic heterocycles. The first-order valence-corrected chi connectivity index (χ1v) is 7.61. The second kappa shape index (κ2) is 12.6. The number of hydrogen-bond acceptors (Lipinski definition) is 2. The zero-order chi connectivity index (χ0) is 15.5. The average molecular weight is 422 g/mol. The molecule has 0 atom stereocenters. The van der Waals surface area contributed by atoms with Crippen LogP contribution in [0.15, 0.2) is 29.3 Å². The van der Waals surface area contributed by atoms with Crippen molar-refractivity contribution >= 4 is 29.9 Å². The second-order valence-electron chi connectivity index (χ2n) is 4.88. The van der Waals surface area contributed by atoms with E-state index in [9.17, 15) is 4.39 Å². The van der Waals surface area contributed by atoms with Crippen molar-refractivity contribution in [1.29, 1.82) is 0 Å². The number of likely N-dealkylation sites (N-methyl/N-ethyl adjacent to an activating group) is 1. The van der Waals surface area contributed by atoms with E-state index >= 15 is 0 Å². The van der Waals surface area contributed by atoms with Gasteiger partial charge in [-0.05, 0) is 25.6 Å². The zero-order valence-corrected chi connectivity index (χ0v) is 16.1. The lowest BCUT2D eigenvalue weighted by Crippen LogP contribution is -2.41. The number of aliphatic imine (C=N–C) groups is 1. The third-order valence-electron chi connectivity index (χ3n) is 3.34. The maximum absolute atomic E-state index is 13.5. The molecule has 0 heterocycles. The van der Waals surface area contributed by atoms with Gasteiger partial charge in [0.2, 0.25) is 0 Å². The maximum atomic E-state index is 13.5. The summed E-state index contributed by atoms with van der Waals surface area (Å²) in [6, 6.07) is 6.77. The normalized spacial score (nSPS) is 11.2. The van der Waals surface area contributed by atoms with Crippen LogP contribution < -0.4 is 10.6 Å². The number of benzene rings is 1. The summed E-state index contributed by atoms with van der Waals surface area (Å²) in [5.74, 6) is 0.506. The minimum Gasteiger partial charge on any atom is -0.355 e. The van der Waals surface area contributed by atoms with Crippen molar-refractivity contribution in [2.45, 2.75) is 26.8 Å². The lowest BCUT2D eigenvalue weighted by atomic mass is 10.2. The summed E-state index contributed by atoms with van der Waals surface area (Å²) in [6.45, 7) is 8.75. The van der Waals surface area contributed by atoms with Crippen LogP contribution in [0.3, 0.4) is 0 Å². The van der Waals surface area contributed by atoms with Crippen molar-refractivity contribution in [1.82, 2.24) is 15.5 Å². The van der Waals surface area contributed by atoms with Gasteiger partial charge in [0.05, 0.1) is 0 Å². The van der Waals surface area contributed by atoms with E-state index < -0.39 is 0 Å². The Bertz CT molecular complexity index is 440. The van der Waals surface area contributed by atoms with Gasteiger partial charge in [-0.15, -0.1) is 24.0 Å². The molecule has 4 nitrogen and oxygen atoms in total. The summed E-state index contributed by atoms with van der Waals surface area (Å²) >= 11 is 0. The molecule has 1 aromatic rings. The number of halogens is 2. The monoisotopic (exact) mass is 422 g/mol. The fourth-order valence-electron chi connectivity index (χ4n) is 2.12. The van der Waals surface area contributed by atoms with Crippen LogP contribution in [0.2, 0.25) is 0 Å². The van der Waals surface area contributed by atoms with Crippen LogP contribution in [-0.4, -0.2) is 44.1 Å². The molecule has 6 heteroatoms. The van der Waals surface area contributed by atoms with Crippen LogP contribution >= 0.6 is 24.0 Å². The SMILES string of the molecule is CCCN(CC)CCNC(=NC)NCc1ccccc1F.I. The summed E-state index contributed by atoms with van der Waals surface area (Å²) in [5, 5.41) is 6.39. The van der Waals surface area contributed by atoms with E-state index in [4.69, 9.17) is 0 Å².